The van der Waals surface area contributed by atoms with Crippen LogP contribution in [0.2, 0.25) is 0 Å². The summed E-state index contributed by atoms with van der Waals surface area (Å²) in [5, 5.41) is 5.40. The number of ether oxygens (including phenoxy) is 2. The van der Waals surface area contributed by atoms with Gasteiger partial charge in [0.2, 0.25) is 11.8 Å². The topological polar surface area (TPSA) is 126 Å². The molecule has 0 aromatic carbocycles. The molecule has 3 amide bonds. The summed E-state index contributed by atoms with van der Waals surface area (Å²) >= 11 is 0. The molecule has 0 spiro atoms. The highest BCUT2D eigenvalue weighted by Crippen LogP contribution is 2.48. The number of hydrogen-bond acceptors (Lipinski definition) is 7. The van der Waals surface area contributed by atoms with Crippen LogP contribution >= 0.6 is 0 Å². The third-order valence-corrected chi connectivity index (χ3v) is 6.91. The Morgan fingerprint density at radius 1 is 0.809 bits per heavy atom. The quantitative estimate of drug-likeness (QED) is 0.277. The van der Waals surface area contributed by atoms with Crippen molar-refractivity contribution in [3.8, 4) is 0 Å². The van der Waals surface area contributed by atoms with E-state index < -0.39 is 96.8 Å². The molecule has 2 rings (SSSR count). The summed E-state index contributed by atoms with van der Waals surface area (Å²) in [5.74, 6) is -9.18. The van der Waals surface area contributed by atoms with E-state index in [-0.39, 0.29) is 5.97 Å². The van der Waals surface area contributed by atoms with E-state index in [9.17, 15) is 63.1 Å². The lowest BCUT2D eigenvalue weighted by atomic mass is 9.81. The number of rotatable bonds is 5. The van der Waals surface area contributed by atoms with Crippen molar-refractivity contribution in [2.24, 2.45) is 10.8 Å². The van der Waals surface area contributed by atoms with E-state index in [1.54, 1.807) is 17.6 Å². The first-order chi connectivity index (χ1) is 20.7. The van der Waals surface area contributed by atoms with Gasteiger partial charge in [-0.2, -0.15) is 26.3 Å². The fourth-order valence-electron chi connectivity index (χ4n) is 4.18. The van der Waals surface area contributed by atoms with Crippen molar-refractivity contribution < 1.29 is 72.6 Å². The number of likely N-dealkylation sites (tertiary alicyclic amines) is 1. The first kappa shape index (κ1) is 43.9. The summed E-state index contributed by atoms with van der Waals surface area (Å²) < 4.78 is 137. The molecule has 0 saturated carbocycles. The molecule has 276 valence electrons. The third-order valence-electron chi connectivity index (χ3n) is 6.91. The number of hydrogen-bond donors (Lipinski definition) is 3. The molecule has 0 aliphatic carbocycles. The molecule has 0 aromatic rings. The zero-order valence-electron chi connectivity index (χ0n) is 27.4. The predicted octanol–water partition coefficient (Wildman–Crippen LogP) is 4.81. The SMILES string of the molecule is CC(C)(C)OC(=O)N1CC(F)(F)C(C)(C)C1C(=O)NCC(F)(F)F.CC1(C)C(C(=O)NCC(F)(F)F)NCC1(F)F.CCOC(C)=O. The molecule has 0 aromatic heterocycles. The van der Waals surface area contributed by atoms with Crippen LogP contribution in [0.15, 0.2) is 0 Å². The highest BCUT2D eigenvalue weighted by Gasteiger charge is 2.65. The van der Waals surface area contributed by atoms with Crippen LogP contribution in [-0.4, -0.2) is 103 Å². The molecule has 47 heavy (non-hydrogen) atoms. The molecule has 2 aliphatic heterocycles. The second-order valence-electron chi connectivity index (χ2n) is 12.8. The Labute approximate surface area is 265 Å². The average molecular weight is 709 g/mol. The van der Waals surface area contributed by atoms with E-state index in [2.05, 4.69) is 10.1 Å². The Balaban J connectivity index is 0.000000797. The number of carbonyl (C=O) groups is 4. The molecule has 2 unspecified atom stereocenters. The van der Waals surface area contributed by atoms with Crippen molar-refractivity contribution in [3.63, 3.8) is 0 Å². The molecular weight excluding hydrogens is 666 g/mol. The summed E-state index contributed by atoms with van der Waals surface area (Å²) in [4.78, 5) is 45.9. The average Bonchev–Trinajstić information content (AvgIpc) is 3.17. The second-order valence-corrected chi connectivity index (χ2v) is 12.8. The zero-order chi connectivity index (χ0) is 37.6. The van der Waals surface area contributed by atoms with Crippen molar-refractivity contribution in [2.75, 3.05) is 32.8 Å². The van der Waals surface area contributed by atoms with E-state index in [0.29, 0.717) is 11.5 Å². The minimum Gasteiger partial charge on any atom is -0.466 e. The molecule has 3 N–H and O–H groups in total. The summed E-state index contributed by atoms with van der Waals surface area (Å²) in [6, 6.07) is -3.12. The van der Waals surface area contributed by atoms with Gasteiger partial charge in [-0.3, -0.25) is 24.6 Å². The molecular formula is C27H42F10N4O6. The number of alkyl halides is 10. The van der Waals surface area contributed by atoms with Gasteiger partial charge in [0.05, 0.1) is 36.6 Å². The van der Waals surface area contributed by atoms with E-state index in [0.717, 1.165) is 27.7 Å². The molecule has 2 fully saturated rings. The Kier molecular flexibility index (Phi) is 14.4. The van der Waals surface area contributed by atoms with Gasteiger partial charge < -0.3 is 20.1 Å². The van der Waals surface area contributed by atoms with E-state index in [1.807, 2.05) is 0 Å². The monoisotopic (exact) mass is 708 g/mol. The standard InChI is InChI=1S/C14H21F5N2O3.C9H13F5N2O.C4H8O2/c1-11(2,3)24-10(23)21-7-13(15,16)12(4,5)8(21)9(22)20-6-14(17,18)19;1-7(2)5(15-3-8(7,10)11)6(17)16-4-9(12,13)14;1-3-6-4(2)5/h8H,6-7H2,1-5H3,(H,20,22);5,15H,3-4H2,1-2H3,(H,16,17);3H2,1-2H3. The molecule has 2 aliphatic rings. The van der Waals surface area contributed by atoms with E-state index >= 15 is 0 Å². The number of nitrogens with one attached hydrogen (secondary N) is 3. The normalized spacial score (nSPS) is 22.5. The van der Waals surface area contributed by atoms with Crippen LogP contribution in [0.1, 0.15) is 62.3 Å². The highest BCUT2D eigenvalue weighted by atomic mass is 19.4. The van der Waals surface area contributed by atoms with E-state index in [4.69, 9.17) is 4.74 Å². The molecule has 10 nitrogen and oxygen atoms in total. The first-order valence-corrected chi connectivity index (χ1v) is 14.0. The lowest BCUT2D eigenvalue weighted by Gasteiger charge is -2.33. The van der Waals surface area contributed by atoms with Crippen LogP contribution in [0.3, 0.4) is 0 Å². The van der Waals surface area contributed by atoms with Crippen LogP contribution in [0.5, 0.6) is 0 Å². The summed E-state index contributed by atoms with van der Waals surface area (Å²) in [5.41, 5.74) is -4.78. The largest absolute Gasteiger partial charge is 0.466 e. The minimum atomic E-state index is -4.70. The van der Waals surface area contributed by atoms with Gasteiger partial charge in [0.15, 0.2) is 0 Å². The van der Waals surface area contributed by atoms with Gasteiger partial charge in [-0.05, 0) is 27.7 Å². The number of nitrogens with zero attached hydrogens (tertiary/aromatic N) is 1. The maximum Gasteiger partial charge on any atom is 0.411 e. The molecule has 2 atom stereocenters. The molecule has 0 bridgehead atoms. The number of amides is 3. The fourth-order valence-corrected chi connectivity index (χ4v) is 4.18. The van der Waals surface area contributed by atoms with Crippen LogP contribution in [0, 0.1) is 10.8 Å². The summed E-state index contributed by atoms with van der Waals surface area (Å²) in [6.07, 6.45) is -10.4. The lowest BCUT2D eigenvalue weighted by molar-refractivity contribution is -0.145. The van der Waals surface area contributed by atoms with Crippen LogP contribution in [-0.2, 0) is 23.9 Å². The number of esters is 1. The van der Waals surface area contributed by atoms with Crippen LogP contribution < -0.4 is 16.0 Å². The van der Waals surface area contributed by atoms with Gasteiger partial charge in [0.25, 0.3) is 11.8 Å². The van der Waals surface area contributed by atoms with Gasteiger partial charge in [-0.1, -0.05) is 27.7 Å². The van der Waals surface area contributed by atoms with Gasteiger partial charge in [-0.25, -0.2) is 22.4 Å². The van der Waals surface area contributed by atoms with Crippen molar-refractivity contribution in [1.29, 1.82) is 0 Å². The molecule has 2 saturated heterocycles. The third kappa shape index (κ3) is 13.2. The lowest BCUT2D eigenvalue weighted by Crippen LogP contribution is -2.54. The van der Waals surface area contributed by atoms with Gasteiger partial charge in [0.1, 0.15) is 24.7 Å². The van der Waals surface area contributed by atoms with Crippen molar-refractivity contribution in [2.45, 2.75) is 104 Å². The predicted molar refractivity (Wildman–Crippen MR) is 146 cm³/mol. The Bertz CT molecular complexity index is 1110. The zero-order valence-corrected chi connectivity index (χ0v) is 27.4. The minimum absolute atomic E-state index is 0.211. The summed E-state index contributed by atoms with van der Waals surface area (Å²) in [7, 11) is 0. The number of carbonyl (C=O) groups excluding carboxylic acids is 4. The van der Waals surface area contributed by atoms with Crippen LogP contribution in [0.4, 0.5) is 48.7 Å². The molecule has 0 radical (unpaired) electrons. The van der Waals surface area contributed by atoms with Crippen molar-refractivity contribution >= 4 is 23.9 Å². The fraction of sp³-hybridized carbons (Fsp3) is 0.852. The first-order valence-electron chi connectivity index (χ1n) is 14.0. The molecule has 2 heterocycles. The van der Waals surface area contributed by atoms with E-state index in [1.165, 1.54) is 27.7 Å². The second kappa shape index (κ2) is 15.4. The van der Waals surface area contributed by atoms with Gasteiger partial charge in [0, 0.05) is 6.92 Å². The Morgan fingerprint density at radius 2 is 1.26 bits per heavy atom. The number of halogens is 10. The van der Waals surface area contributed by atoms with Crippen molar-refractivity contribution in [3.05, 3.63) is 0 Å². The Morgan fingerprint density at radius 3 is 1.57 bits per heavy atom. The highest BCUT2D eigenvalue weighted by molar-refractivity contribution is 5.87. The summed E-state index contributed by atoms with van der Waals surface area (Å²) in [6.45, 7) is 7.47. The van der Waals surface area contributed by atoms with Crippen LogP contribution in [0.25, 0.3) is 0 Å². The Hall–Kier alpha value is -3.06. The van der Waals surface area contributed by atoms with Crippen molar-refractivity contribution in [1.82, 2.24) is 20.9 Å². The molecule has 20 heteroatoms. The van der Waals surface area contributed by atoms with Gasteiger partial charge in [-0.15, -0.1) is 0 Å². The maximum atomic E-state index is 14.2. The maximum absolute atomic E-state index is 14.2. The van der Waals surface area contributed by atoms with Gasteiger partial charge >= 0.3 is 24.4 Å². The smallest absolute Gasteiger partial charge is 0.411 e.